The fourth-order valence-electron chi connectivity index (χ4n) is 2.51. The summed E-state index contributed by atoms with van der Waals surface area (Å²) in [5.74, 6) is -0.0634. The van der Waals surface area contributed by atoms with Crippen molar-refractivity contribution in [3.05, 3.63) is 35.6 Å². The van der Waals surface area contributed by atoms with Crippen LogP contribution in [0.15, 0.2) is 24.3 Å². The number of amides is 2. The van der Waals surface area contributed by atoms with Gasteiger partial charge in [0.25, 0.3) is 0 Å². The Balaban J connectivity index is 1.76. The predicted molar refractivity (Wildman–Crippen MR) is 82.7 cm³/mol. The number of carbonyl (C=O) groups is 2. The number of halogens is 1. The second-order valence-corrected chi connectivity index (χ2v) is 5.77. The highest BCUT2D eigenvalue weighted by atomic mass is 19.1. The molecule has 1 fully saturated rings. The van der Waals surface area contributed by atoms with Crippen molar-refractivity contribution >= 4 is 11.8 Å². The Labute approximate surface area is 130 Å². The minimum Gasteiger partial charge on any atom is -0.354 e. The van der Waals surface area contributed by atoms with Crippen LogP contribution in [0.5, 0.6) is 0 Å². The average Bonchev–Trinajstić information content (AvgIpc) is 2.42. The maximum atomic E-state index is 13.6. The van der Waals surface area contributed by atoms with Gasteiger partial charge in [0.2, 0.25) is 11.8 Å². The molecule has 5 heteroatoms. The van der Waals surface area contributed by atoms with E-state index in [0.29, 0.717) is 31.6 Å². The molecular formula is C17H23FN2O2. The SMILES string of the molecule is CC(=O)N(CCNC(=O)C1CCC1)CCc1ccccc1F. The Morgan fingerprint density at radius 3 is 2.59 bits per heavy atom. The highest BCUT2D eigenvalue weighted by Gasteiger charge is 2.24. The van der Waals surface area contributed by atoms with E-state index in [1.807, 2.05) is 0 Å². The number of rotatable bonds is 7. The molecule has 0 spiro atoms. The molecule has 1 aliphatic carbocycles. The summed E-state index contributed by atoms with van der Waals surface area (Å²) >= 11 is 0. The van der Waals surface area contributed by atoms with Gasteiger partial charge in [-0.2, -0.15) is 0 Å². The molecular weight excluding hydrogens is 283 g/mol. The first-order valence-corrected chi connectivity index (χ1v) is 7.84. The van der Waals surface area contributed by atoms with Gasteiger partial charge in [-0.3, -0.25) is 9.59 Å². The molecule has 0 aromatic heterocycles. The van der Waals surface area contributed by atoms with Gasteiger partial charge in [-0.05, 0) is 30.9 Å². The van der Waals surface area contributed by atoms with E-state index in [4.69, 9.17) is 0 Å². The van der Waals surface area contributed by atoms with Gasteiger partial charge >= 0.3 is 0 Å². The fourth-order valence-corrected chi connectivity index (χ4v) is 2.51. The maximum Gasteiger partial charge on any atom is 0.223 e. The molecule has 22 heavy (non-hydrogen) atoms. The van der Waals surface area contributed by atoms with Gasteiger partial charge in [0.1, 0.15) is 5.82 Å². The zero-order valence-corrected chi connectivity index (χ0v) is 13.0. The van der Waals surface area contributed by atoms with Crippen LogP contribution in [0.1, 0.15) is 31.7 Å². The lowest BCUT2D eigenvalue weighted by molar-refractivity contribution is -0.130. The highest BCUT2D eigenvalue weighted by molar-refractivity contribution is 5.79. The summed E-state index contributed by atoms with van der Waals surface area (Å²) in [7, 11) is 0. The first-order valence-electron chi connectivity index (χ1n) is 7.84. The number of nitrogens with zero attached hydrogens (tertiary/aromatic N) is 1. The third-order valence-corrected chi connectivity index (χ3v) is 4.21. The van der Waals surface area contributed by atoms with Crippen LogP contribution in [0.4, 0.5) is 4.39 Å². The van der Waals surface area contributed by atoms with E-state index in [1.165, 1.54) is 13.0 Å². The molecule has 2 rings (SSSR count). The van der Waals surface area contributed by atoms with Gasteiger partial charge in [-0.15, -0.1) is 0 Å². The van der Waals surface area contributed by atoms with Gasteiger partial charge in [-0.25, -0.2) is 4.39 Å². The van der Waals surface area contributed by atoms with E-state index in [1.54, 1.807) is 23.1 Å². The molecule has 0 unspecified atom stereocenters. The van der Waals surface area contributed by atoms with E-state index in [-0.39, 0.29) is 23.5 Å². The molecule has 4 nitrogen and oxygen atoms in total. The molecule has 0 radical (unpaired) electrons. The number of benzene rings is 1. The van der Waals surface area contributed by atoms with Crippen LogP contribution in [-0.4, -0.2) is 36.3 Å². The highest BCUT2D eigenvalue weighted by Crippen LogP contribution is 2.25. The Morgan fingerprint density at radius 1 is 1.27 bits per heavy atom. The van der Waals surface area contributed by atoms with Crippen LogP contribution < -0.4 is 5.32 Å². The molecule has 0 saturated heterocycles. The maximum absolute atomic E-state index is 13.6. The summed E-state index contributed by atoms with van der Waals surface area (Å²) in [6.45, 7) is 2.86. The van der Waals surface area contributed by atoms with Crippen molar-refractivity contribution in [2.24, 2.45) is 5.92 Å². The van der Waals surface area contributed by atoms with Crippen molar-refractivity contribution in [1.82, 2.24) is 10.2 Å². The third kappa shape index (κ3) is 4.55. The molecule has 0 aliphatic heterocycles. The minimum absolute atomic E-state index is 0.0609. The molecule has 1 saturated carbocycles. The van der Waals surface area contributed by atoms with Crippen molar-refractivity contribution in [3.63, 3.8) is 0 Å². The molecule has 2 amide bonds. The van der Waals surface area contributed by atoms with E-state index < -0.39 is 0 Å². The van der Waals surface area contributed by atoms with Crippen LogP contribution in [0, 0.1) is 11.7 Å². The quantitative estimate of drug-likeness (QED) is 0.839. The lowest BCUT2D eigenvalue weighted by Crippen LogP contribution is -2.41. The van der Waals surface area contributed by atoms with Gasteiger partial charge < -0.3 is 10.2 Å². The van der Waals surface area contributed by atoms with E-state index in [0.717, 1.165) is 19.3 Å². The smallest absolute Gasteiger partial charge is 0.223 e. The van der Waals surface area contributed by atoms with Crippen LogP contribution >= 0.6 is 0 Å². The van der Waals surface area contributed by atoms with Crippen LogP contribution in [0.25, 0.3) is 0 Å². The lowest BCUT2D eigenvalue weighted by atomic mass is 9.85. The number of hydrogen-bond donors (Lipinski definition) is 1. The van der Waals surface area contributed by atoms with Crippen LogP contribution in [0.2, 0.25) is 0 Å². The van der Waals surface area contributed by atoms with Crippen molar-refractivity contribution in [2.75, 3.05) is 19.6 Å². The van der Waals surface area contributed by atoms with Gasteiger partial charge in [0, 0.05) is 32.5 Å². The van der Waals surface area contributed by atoms with E-state index in [9.17, 15) is 14.0 Å². The standard InChI is InChI=1S/C17H23FN2O2/c1-13(21)20(11-9-14-5-2-3-8-16(14)18)12-10-19-17(22)15-6-4-7-15/h2-3,5,8,15H,4,6-7,9-12H2,1H3,(H,19,22). The lowest BCUT2D eigenvalue weighted by Gasteiger charge is -2.25. The zero-order chi connectivity index (χ0) is 15.9. The van der Waals surface area contributed by atoms with E-state index in [2.05, 4.69) is 5.32 Å². The minimum atomic E-state index is -0.246. The Bertz CT molecular complexity index is 529. The van der Waals surface area contributed by atoms with Crippen LogP contribution in [-0.2, 0) is 16.0 Å². The number of nitrogens with one attached hydrogen (secondary N) is 1. The Morgan fingerprint density at radius 2 is 2.00 bits per heavy atom. The molecule has 0 bridgehead atoms. The van der Waals surface area contributed by atoms with Crippen LogP contribution in [0.3, 0.4) is 0 Å². The predicted octanol–water partition coefficient (Wildman–Crippen LogP) is 2.13. The third-order valence-electron chi connectivity index (χ3n) is 4.21. The first kappa shape index (κ1) is 16.5. The number of hydrogen-bond acceptors (Lipinski definition) is 2. The second-order valence-electron chi connectivity index (χ2n) is 5.77. The van der Waals surface area contributed by atoms with Gasteiger partial charge in [0.05, 0.1) is 0 Å². The topological polar surface area (TPSA) is 49.4 Å². The second kappa shape index (κ2) is 7.92. The molecule has 120 valence electrons. The molecule has 0 atom stereocenters. The van der Waals surface area contributed by atoms with Crippen molar-refractivity contribution in [2.45, 2.75) is 32.6 Å². The van der Waals surface area contributed by atoms with Crippen molar-refractivity contribution in [3.8, 4) is 0 Å². The summed E-state index contributed by atoms with van der Waals surface area (Å²) in [5.41, 5.74) is 0.604. The zero-order valence-electron chi connectivity index (χ0n) is 13.0. The molecule has 1 N–H and O–H groups in total. The molecule has 1 aliphatic rings. The summed E-state index contributed by atoms with van der Waals surface area (Å²) < 4.78 is 13.6. The Kier molecular flexibility index (Phi) is 5.92. The summed E-state index contributed by atoms with van der Waals surface area (Å²) in [6, 6.07) is 6.59. The van der Waals surface area contributed by atoms with E-state index >= 15 is 0 Å². The van der Waals surface area contributed by atoms with Crippen molar-refractivity contribution in [1.29, 1.82) is 0 Å². The first-order chi connectivity index (χ1) is 10.6. The van der Waals surface area contributed by atoms with Gasteiger partial charge in [0.15, 0.2) is 0 Å². The van der Waals surface area contributed by atoms with Crippen molar-refractivity contribution < 1.29 is 14.0 Å². The largest absolute Gasteiger partial charge is 0.354 e. The summed E-state index contributed by atoms with van der Waals surface area (Å²) in [4.78, 5) is 25.0. The average molecular weight is 306 g/mol. The van der Waals surface area contributed by atoms with Gasteiger partial charge in [-0.1, -0.05) is 24.6 Å². The molecule has 0 heterocycles. The summed E-state index contributed by atoms with van der Waals surface area (Å²) in [6.07, 6.45) is 3.54. The normalized spacial score (nSPS) is 14.3. The molecule has 1 aromatic rings. The number of carbonyl (C=O) groups excluding carboxylic acids is 2. The molecule has 1 aromatic carbocycles. The monoisotopic (exact) mass is 306 g/mol. The Hall–Kier alpha value is -1.91. The fraction of sp³-hybridized carbons (Fsp3) is 0.529. The summed E-state index contributed by atoms with van der Waals surface area (Å²) in [5, 5.41) is 2.87.